The standard InChI is InChI=1S/C19H20N4O2S/c24-18(15-13-26-19(22-15)16-5-4-10-25-16)21-12-14-6-7-17(20-11-14)23-8-2-1-3-9-23/h4-7,10-11,13H,1-3,8-9,12H2,(H,21,24). The third kappa shape index (κ3) is 3.77. The molecular weight excluding hydrogens is 348 g/mol. The molecule has 0 bridgehead atoms. The summed E-state index contributed by atoms with van der Waals surface area (Å²) in [5.74, 6) is 1.49. The molecule has 0 aromatic carbocycles. The zero-order valence-electron chi connectivity index (χ0n) is 14.4. The highest BCUT2D eigenvalue weighted by atomic mass is 32.1. The van der Waals surface area contributed by atoms with Crippen LogP contribution in [-0.4, -0.2) is 29.0 Å². The Morgan fingerprint density at radius 3 is 2.85 bits per heavy atom. The molecule has 1 aliphatic heterocycles. The van der Waals surface area contributed by atoms with E-state index in [1.807, 2.05) is 24.4 Å². The molecule has 1 amide bonds. The van der Waals surface area contributed by atoms with Crippen LogP contribution in [-0.2, 0) is 6.54 Å². The van der Waals surface area contributed by atoms with Crippen molar-refractivity contribution in [3.8, 4) is 10.8 Å². The van der Waals surface area contributed by atoms with Crippen molar-refractivity contribution in [3.63, 3.8) is 0 Å². The first-order valence-corrected chi connectivity index (χ1v) is 9.65. The van der Waals surface area contributed by atoms with Gasteiger partial charge in [-0.25, -0.2) is 9.97 Å². The number of furan rings is 1. The number of amides is 1. The molecule has 0 unspecified atom stereocenters. The van der Waals surface area contributed by atoms with Crippen molar-refractivity contribution >= 4 is 23.1 Å². The molecule has 3 aromatic rings. The van der Waals surface area contributed by atoms with Gasteiger partial charge in [0.25, 0.3) is 5.91 Å². The summed E-state index contributed by atoms with van der Waals surface area (Å²) in [6.45, 7) is 2.58. The number of rotatable bonds is 5. The number of thiazole rings is 1. The molecule has 0 radical (unpaired) electrons. The van der Waals surface area contributed by atoms with Gasteiger partial charge in [0.1, 0.15) is 11.5 Å². The molecule has 26 heavy (non-hydrogen) atoms. The fraction of sp³-hybridized carbons (Fsp3) is 0.316. The van der Waals surface area contributed by atoms with Crippen LogP contribution in [0.2, 0.25) is 0 Å². The molecule has 0 atom stereocenters. The van der Waals surface area contributed by atoms with E-state index >= 15 is 0 Å². The van der Waals surface area contributed by atoms with Gasteiger partial charge in [0, 0.05) is 31.2 Å². The van der Waals surface area contributed by atoms with Crippen LogP contribution in [0.1, 0.15) is 35.3 Å². The maximum Gasteiger partial charge on any atom is 0.271 e. The normalized spacial score (nSPS) is 14.4. The second-order valence-electron chi connectivity index (χ2n) is 6.27. The quantitative estimate of drug-likeness (QED) is 0.743. The monoisotopic (exact) mass is 368 g/mol. The number of carbonyl (C=O) groups is 1. The summed E-state index contributed by atoms with van der Waals surface area (Å²) in [6, 6.07) is 7.68. The first kappa shape index (κ1) is 16.8. The molecule has 1 N–H and O–H groups in total. The Kier molecular flexibility index (Phi) is 4.97. The zero-order chi connectivity index (χ0) is 17.8. The van der Waals surface area contributed by atoms with Gasteiger partial charge in [0.2, 0.25) is 0 Å². The largest absolute Gasteiger partial charge is 0.462 e. The van der Waals surface area contributed by atoms with E-state index in [1.54, 1.807) is 17.7 Å². The van der Waals surface area contributed by atoms with Crippen LogP contribution in [0.25, 0.3) is 10.8 Å². The Bertz CT molecular complexity index is 852. The summed E-state index contributed by atoms with van der Waals surface area (Å²) in [7, 11) is 0. The van der Waals surface area contributed by atoms with Gasteiger partial charge < -0.3 is 14.6 Å². The van der Waals surface area contributed by atoms with Crippen molar-refractivity contribution < 1.29 is 9.21 Å². The zero-order valence-corrected chi connectivity index (χ0v) is 15.2. The second-order valence-corrected chi connectivity index (χ2v) is 7.13. The van der Waals surface area contributed by atoms with Crippen LogP contribution in [0.5, 0.6) is 0 Å². The van der Waals surface area contributed by atoms with Gasteiger partial charge in [0.05, 0.1) is 6.26 Å². The highest BCUT2D eigenvalue weighted by molar-refractivity contribution is 7.13. The first-order valence-electron chi connectivity index (χ1n) is 8.77. The lowest BCUT2D eigenvalue weighted by Crippen LogP contribution is -2.30. The van der Waals surface area contributed by atoms with Crippen molar-refractivity contribution in [2.24, 2.45) is 0 Å². The van der Waals surface area contributed by atoms with E-state index < -0.39 is 0 Å². The first-order chi connectivity index (χ1) is 12.8. The van der Waals surface area contributed by atoms with Gasteiger partial charge in [-0.3, -0.25) is 4.79 Å². The number of pyridine rings is 1. The van der Waals surface area contributed by atoms with Gasteiger partial charge in [-0.15, -0.1) is 11.3 Å². The summed E-state index contributed by atoms with van der Waals surface area (Å²) in [6.07, 6.45) is 7.19. The lowest BCUT2D eigenvalue weighted by atomic mass is 10.1. The van der Waals surface area contributed by atoms with Crippen LogP contribution < -0.4 is 10.2 Å². The van der Waals surface area contributed by atoms with E-state index in [9.17, 15) is 4.79 Å². The molecule has 1 saturated heterocycles. The van der Waals surface area contributed by atoms with Gasteiger partial charge in [-0.2, -0.15) is 0 Å². The Morgan fingerprint density at radius 2 is 2.12 bits per heavy atom. The van der Waals surface area contributed by atoms with E-state index in [4.69, 9.17) is 4.42 Å². The fourth-order valence-electron chi connectivity index (χ4n) is 3.00. The number of hydrogen-bond acceptors (Lipinski definition) is 6. The highest BCUT2D eigenvalue weighted by Gasteiger charge is 2.14. The summed E-state index contributed by atoms with van der Waals surface area (Å²) in [5, 5.41) is 5.34. The molecule has 0 aliphatic carbocycles. The van der Waals surface area contributed by atoms with Crippen molar-refractivity contribution in [3.05, 3.63) is 53.4 Å². The Labute approximate surface area is 155 Å². The van der Waals surface area contributed by atoms with Crippen LogP contribution in [0.3, 0.4) is 0 Å². The molecule has 0 saturated carbocycles. The highest BCUT2D eigenvalue weighted by Crippen LogP contribution is 2.24. The molecule has 134 valence electrons. The molecule has 0 spiro atoms. The number of nitrogens with one attached hydrogen (secondary N) is 1. The number of carbonyl (C=O) groups excluding carboxylic acids is 1. The van der Waals surface area contributed by atoms with Gasteiger partial charge in [0.15, 0.2) is 10.8 Å². The molecular formula is C19H20N4O2S. The molecule has 6 nitrogen and oxygen atoms in total. The van der Waals surface area contributed by atoms with Crippen LogP contribution in [0.4, 0.5) is 5.82 Å². The molecule has 4 heterocycles. The van der Waals surface area contributed by atoms with Crippen molar-refractivity contribution in [2.45, 2.75) is 25.8 Å². The molecule has 1 aliphatic rings. The van der Waals surface area contributed by atoms with E-state index in [2.05, 4.69) is 20.2 Å². The fourth-order valence-corrected chi connectivity index (χ4v) is 3.76. The summed E-state index contributed by atoms with van der Waals surface area (Å²) < 4.78 is 5.31. The SMILES string of the molecule is O=C(NCc1ccc(N2CCCCC2)nc1)c1csc(-c2ccco2)n1. The Balaban J connectivity index is 1.34. The number of anilines is 1. The van der Waals surface area contributed by atoms with Gasteiger partial charge in [-0.1, -0.05) is 6.07 Å². The minimum Gasteiger partial charge on any atom is -0.462 e. The molecule has 3 aromatic heterocycles. The van der Waals surface area contributed by atoms with Crippen molar-refractivity contribution in [1.82, 2.24) is 15.3 Å². The minimum atomic E-state index is -0.195. The summed E-state index contributed by atoms with van der Waals surface area (Å²) >= 11 is 1.39. The predicted molar refractivity (Wildman–Crippen MR) is 101 cm³/mol. The molecule has 1 fully saturated rings. The van der Waals surface area contributed by atoms with E-state index in [0.717, 1.165) is 24.5 Å². The smallest absolute Gasteiger partial charge is 0.271 e. The topological polar surface area (TPSA) is 71.3 Å². The summed E-state index contributed by atoms with van der Waals surface area (Å²) in [5.41, 5.74) is 1.37. The van der Waals surface area contributed by atoms with Gasteiger partial charge in [-0.05, 0) is 43.0 Å². The Morgan fingerprint density at radius 1 is 1.23 bits per heavy atom. The molecule has 7 heteroatoms. The van der Waals surface area contributed by atoms with Crippen LogP contribution in [0.15, 0.2) is 46.5 Å². The maximum atomic E-state index is 12.3. The number of hydrogen-bond donors (Lipinski definition) is 1. The lowest BCUT2D eigenvalue weighted by molar-refractivity contribution is 0.0946. The average molecular weight is 368 g/mol. The lowest BCUT2D eigenvalue weighted by Gasteiger charge is -2.27. The maximum absolute atomic E-state index is 12.3. The van der Waals surface area contributed by atoms with Crippen LogP contribution in [0, 0.1) is 0 Å². The average Bonchev–Trinajstić information content (AvgIpc) is 3.39. The number of aromatic nitrogens is 2. The van der Waals surface area contributed by atoms with Crippen molar-refractivity contribution in [1.29, 1.82) is 0 Å². The summed E-state index contributed by atoms with van der Waals surface area (Å²) in [4.78, 5) is 23.5. The van der Waals surface area contributed by atoms with E-state index in [-0.39, 0.29) is 5.91 Å². The third-order valence-electron chi connectivity index (χ3n) is 4.41. The number of nitrogens with zero attached hydrogens (tertiary/aromatic N) is 3. The van der Waals surface area contributed by atoms with E-state index in [0.29, 0.717) is 23.0 Å². The minimum absolute atomic E-state index is 0.195. The predicted octanol–water partition coefficient (Wildman–Crippen LogP) is 3.72. The number of piperidine rings is 1. The Hall–Kier alpha value is -2.67. The van der Waals surface area contributed by atoms with Gasteiger partial charge >= 0.3 is 0 Å². The third-order valence-corrected chi connectivity index (χ3v) is 5.27. The molecule has 4 rings (SSSR count). The second kappa shape index (κ2) is 7.70. The van der Waals surface area contributed by atoms with Crippen LogP contribution >= 0.6 is 11.3 Å². The van der Waals surface area contributed by atoms with Crippen molar-refractivity contribution in [2.75, 3.05) is 18.0 Å². The van der Waals surface area contributed by atoms with E-state index in [1.165, 1.54) is 30.6 Å².